The van der Waals surface area contributed by atoms with Crippen LogP contribution < -0.4 is 0 Å². The second-order valence-corrected chi connectivity index (χ2v) is 2.01. The standard InChI is InChI=1S/C7H6O4.Fe/c8-4-1-2-6(9)5(3-4)7(10)11;/h1-3,8-9H,(H,10,11);. The molecule has 0 unspecified atom stereocenters. The molecule has 0 atom stereocenters. The molecule has 12 heavy (non-hydrogen) atoms. The fourth-order valence-corrected chi connectivity index (χ4v) is 0.695. The average molecular weight is 210 g/mol. The van der Waals surface area contributed by atoms with Crippen LogP contribution in [-0.2, 0) is 17.1 Å². The Labute approximate surface area is 78.9 Å². The molecule has 0 spiro atoms. The van der Waals surface area contributed by atoms with Crippen molar-refractivity contribution in [2.45, 2.75) is 0 Å². The van der Waals surface area contributed by atoms with Crippen LogP contribution in [0.25, 0.3) is 0 Å². The zero-order valence-corrected chi connectivity index (χ0v) is 6.94. The molecule has 0 bridgehead atoms. The molecule has 3 N–H and O–H groups in total. The van der Waals surface area contributed by atoms with Gasteiger partial charge in [0, 0.05) is 17.1 Å². The maximum Gasteiger partial charge on any atom is 0.339 e. The first-order chi connectivity index (χ1) is 5.11. The Bertz CT molecular complexity index is 297. The molecule has 1 rings (SSSR count). The predicted octanol–water partition coefficient (Wildman–Crippen LogP) is 0.793. The van der Waals surface area contributed by atoms with Crippen LogP contribution in [0.5, 0.6) is 11.5 Å². The van der Waals surface area contributed by atoms with E-state index in [-0.39, 0.29) is 34.1 Å². The first-order valence-corrected chi connectivity index (χ1v) is 2.86. The molecular formula is C7H6FeO4. The number of carboxylic acid groups (broad SMARTS) is 1. The summed E-state index contributed by atoms with van der Waals surface area (Å²) in [5.74, 6) is -1.80. The van der Waals surface area contributed by atoms with Gasteiger partial charge in [0.05, 0.1) is 0 Å². The molecule has 66 valence electrons. The maximum atomic E-state index is 10.3. The molecule has 0 radical (unpaired) electrons. The molecule has 0 fully saturated rings. The molecule has 0 saturated heterocycles. The number of phenolic OH excluding ortho intramolecular Hbond substituents is 1. The van der Waals surface area contributed by atoms with Gasteiger partial charge in [-0.1, -0.05) is 0 Å². The summed E-state index contributed by atoms with van der Waals surface area (Å²) in [6.07, 6.45) is 0. The largest absolute Gasteiger partial charge is 0.508 e. The third-order valence-corrected chi connectivity index (χ3v) is 1.21. The van der Waals surface area contributed by atoms with Gasteiger partial charge in [-0.2, -0.15) is 0 Å². The van der Waals surface area contributed by atoms with Gasteiger partial charge in [0.1, 0.15) is 17.1 Å². The van der Waals surface area contributed by atoms with Crippen molar-refractivity contribution in [2.75, 3.05) is 0 Å². The molecule has 0 aromatic heterocycles. The Morgan fingerprint density at radius 2 is 1.83 bits per heavy atom. The molecule has 0 saturated carbocycles. The zero-order chi connectivity index (χ0) is 8.43. The van der Waals surface area contributed by atoms with E-state index < -0.39 is 5.97 Å². The maximum absolute atomic E-state index is 10.3. The molecule has 1 aromatic rings. The molecule has 4 nitrogen and oxygen atoms in total. The van der Waals surface area contributed by atoms with Gasteiger partial charge in [-0.15, -0.1) is 0 Å². The molecule has 5 heteroatoms. The Morgan fingerprint density at radius 1 is 1.25 bits per heavy atom. The molecular weight excluding hydrogens is 204 g/mol. The fraction of sp³-hybridized carbons (Fsp3) is 0. The number of aromatic carboxylic acids is 1. The minimum absolute atomic E-state index is 0. The van der Waals surface area contributed by atoms with Crippen LogP contribution in [0.1, 0.15) is 10.4 Å². The number of hydrogen-bond acceptors (Lipinski definition) is 3. The predicted molar refractivity (Wildman–Crippen MR) is 36.7 cm³/mol. The third kappa shape index (κ3) is 2.15. The van der Waals surface area contributed by atoms with E-state index in [0.717, 1.165) is 12.1 Å². The van der Waals surface area contributed by atoms with E-state index in [9.17, 15) is 4.79 Å². The quantitative estimate of drug-likeness (QED) is 0.473. The molecule has 0 aliphatic rings. The van der Waals surface area contributed by atoms with E-state index in [1.165, 1.54) is 6.07 Å². The van der Waals surface area contributed by atoms with E-state index in [4.69, 9.17) is 15.3 Å². The third-order valence-electron chi connectivity index (χ3n) is 1.21. The van der Waals surface area contributed by atoms with E-state index >= 15 is 0 Å². The smallest absolute Gasteiger partial charge is 0.339 e. The second-order valence-electron chi connectivity index (χ2n) is 2.01. The van der Waals surface area contributed by atoms with Gasteiger partial charge >= 0.3 is 5.97 Å². The SMILES string of the molecule is O=C(O)c1cc(O)ccc1O.[Fe]. The summed E-state index contributed by atoms with van der Waals surface area (Å²) in [5, 5.41) is 26.1. The number of benzene rings is 1. The molecule has 0 aliphatic carbocycles. The van der Waals surface area contributed by atoms with Crippen molar-refractivity contribution in [2.24, 2.45) is 0 Å². The van der Waals surface area contributed by atoms with Gasteiger partial charge in [-0.25, -0.2) is 4.79 Å². The molecule has 1 aromatic carbocycles. The first-order valence-electron chi connectivity index (χ1n) is 2.86. The van der Waals surface area contributed by atoms with Crippen molar-refractivity contribution in [3.05, 3.63) is 23.8 Å². The normalized spacial score (nSPS) is 8.67. The van der Waals surface area contributed by atoms with Crippen molar-refractivity contribution in [3.63, 3.8) is 0 Å². The number of hydrogen-bond donors (Lipinski definition) is 3. The first kappa shape index (κ1) is 10.8. The van der Waals surface area contributed by atoms with E-state index in [1.54, 1.807) is 0 Å². The van der Waals surface area contributed by atoms with Gasteiger partial charge in [-0.3, -0.25) is 0 Å². The van der Waals surface area contributed by atoms with Gasteiger partial charge in [0.2, 0.25) is 0 Å². The van der Waals surface area contributed by atoms with Crippen LogP contribution in [0.2, 0.25) is 0 Å². The molecule has 0 heterocycles. The van der Waals surface area contributed by atoms with Crippen LogP contribution in [0, 0.1) is 0 Å². The van der Waals surface area contributed by atoms with E-state index in [2.05, 4.69) is 0 Å². The Morgan fingerprint density at radius 3 is 2.25 bits per heavy atom. The monoisotopic (exact) mass is 210 g/mol. The summed E-state index contributed by atoms with van der Waals surface area (Å²) < 4.78 is 0. The Hall–Kier alpha value is -1.19. The number of carboxylic acids is 1. The summed E-state index contributed by atoms with van der Waals surface area (Å²) in [5.41, 5.74) is -0.301. The van der Waals surface area contributed by atoms with Crippen molar-refractivity contribution < 1.29 is 37.2 Å². The minimum Gasteiger partial charge on any atom is -0.508 e. The Kier molecular flexibility index (Phi) is 3.60. The summed E-state index contributed by atoms with van der Waals surface area (Å²) in [4.78, 5) is 10.3. The van der Waals surface area contributed by atoms with Gasteiger partial charge in [0.25, 0.3) is 0 Å². The summed E-state index contributed by atoms with van der Waals surface area (Å²) >= 11 is 0. The minimum atomic E-state index is -1.27. The van der Waals surface area contributed by atoms with Gasteiger partial charge in [0.15, 0.2) is 0 Å². The summed E-state index contributed by atoms with van der Waals surface area (Å²) in [7, 11) is 0. The topological polar surface area (TPSA) is 77.8 Å². The summed E-state index contributed by atoms with van der Waals surface area (Å²) in [6, 6.07) is 3.32. The van der Waals surface area contributed by atoms with E-state index in [1.807, 2.05) is 0 Å². The van der Waals surface area contributed by atoms with Gasteiger partial charge in [-0.05, 0) is 18.2 Å². The zero-order valence-electron chi connectivity index (χ0n) is 5.84. The van der Waals surface area contributed by atoms with Crippen molar-refractivity contribution in [3.8, 4) is 11.5 Å². The van der Waals surface area contributed by atoms with Crippen LogP contribution in [-0.4, -0.2) is 21.3 Å². The van der Waals surface area contributed by atoms with Crippen LogP contribution in [0.15, 0.2) is 18.2 Å². The average Bonchev–Trinajstić information content (AvgIpc) is 1.94. The van der Waals surface area contributed by atoms with Crippen LogP contribution in [0.3, 0.4) is 0 Å². The van der Waals surface area contributed by atoms with E-state index in [0.29, 0.717) is 0 Å². The van der Waals surface area contributed by atoms with Crippen molar-refractivity contribution in [1.82, 2.24) is 0 Å². The number of phenols is 2. The van der Waals surface area contributed by atoms with Crippen LogP contribution >= 0.6 is 0 Å². The van der Waals surface area contributed by atoms with Crippen LogP contribution in [0.4, 0.5) is 0 Å². The van der Waals surface area contributed by atoms with Gasteiger partial charge < -0.3 is 15.3 Å². The summed E-state index contributed by atoms with van der Waals surface area (Å²) in [6.45, 7) is 0. The van der Waals surface area contributed by atoms with Crippen molar-refractivity contribution in [1.29, 1.82) is 0 Å². The Balaban J connectivity index is 0.00000121. The molecule has 0 aliphatic heterocycles. The number of aromatic hydroxyl groups is 2. The molecule has 0 amide bonds. The number of carbonyl (C=O) groups is 1. The van der Waals surface area contributed by atoms with Crippen molar-refractivity contribution >= 4 is 5.97 Å². The second kappa shape index (κ2) is 3.99. The number of rotatable bonds is 1. The fourth-order valence-electron chi connectivity index (χ4n) is 0.695.